The van der Waals surface area contributed by atoms with Gasteiger partial charge in [-0.3, -0.25) is 4.79 Å². The monoisotopic (exact) mass is 378 g/mol. The summed E-state index contributed by atoms with van der Waals surface area (Å²) in [6.07, 6.45) is 0.489. The lowest BCUT2D eigenvalue weighted by molar-refractivity contribution is -0.118. The predicted octanol–water partition coefficient (Wildman–Crippen LogP) is 4.35. The first-order valence-electron chi connectivity index (χ1n) is 9.14. The molecular formula is C23H23FN2O2. The number of hydrogen-bond acceptors (Lipinski definition) is 3. The normalized spacial score (nSPS) is 11.6. The van der Waals surface area contributed by atoms with E-state index in [1.807, 2.05) is 54.6 Å². The van der Waals surface area contributed by atoms with Crippen molar-refractivity contribution in [3.05, 3.63) is 95.8 Å². The number of hydrogen-bond donors (Lipinski definition) is 2. The first kappa shape index (κ1) is 19.6. The minimum absolute atomic E-state index is 0.187. The van der Waals surface area contributed by atoms with Gasteiger partial charge in [-0.05, 0) is 35.7 Å². The van der Waals surface area contributed by atoms with Crippen LogP contribution in [0, 0.1) is 5.82 Å². The van der Waals surface area contributed by atoms with Crippen molar-refractivity contribution in [3.8, 4) is 5.75 Å². The van der Waals surface area contributed by atoms with Crippen LogP contribution in [0.15, 0.2) is 78.9 Å². The summed E-state index contributed by atoms with van der Waals surface area (Å²) in [7, 11) is 1.58. The van der Waals surface area contributed by atoms with E-state index in [1.165, 1.54) is 6.07 Å². The summed E-state index contributed by atoms with van der Waals surface area (Å²) in [5.41, 5.74) is 2.12. The van der Waals surface area contributed by atoms with Crippen molar-refractivity contribution in [1.29, 1.82) is 0 Å². The van der Waals surface area contributed by atoms with Crippen LogP contribution in [0.3, 0.4) is 0 Å². The van der Waals surface area contributed by atoms with Gasteiger partial charge in [0.05, 0.1) is 7.11 Å². The minimum Gasteiger partial charge on any atom is -0.497 e. The summed E-state index contributed by atoms with van der Waals surface area (Å²) in [5, 5.41) is 6.17. The highest BCUT2D eigenvalue weighted by Gasteiger charge is 2.20. The van der Waals surface area contributed by atoms with Crippen LogP contribution in [-0.2, 0) is 11.2 Å². The number of carbonyl (C=O) groups excluding carboxylic acids is 1. The Morgan fingerprint density at radius 2 is 1.75 bits per heavy atom. The Balaban J connectivity index is 1.71. The van der Waals surface area contributed by atoms with Gasteiger partial charge in [-0.15, -0.1) is 0 Å². The summed E-state index contributed by atoms with van der Waals surface area (Å²) >= 11 is 0. The van der Waals surface area contributed by atoms with E-state index in [-0.39, 0.29) is 11.7 Å². The van der Waals surface area contributed by atoms with E-state index in [2.05, 4.69) is 10.6 Å². The SMILES string of the molecule is COc1cccc(NC(=O)[C@H](NCCc2ccccc2F)c2ccccc2)c1. The molecule has 28 heavy (non-hydrogen) atoms. The van der Waals surface area contributed by atoms with Gasteiger partial charge in [0, 0.05) is 18.3 Å². The molecule has 0 unspecified atom stereocenters. The second-order valence-corrected chi connectivity index (χ2v) is 6.36. The topological polar surface area (TPSA) is 50.4 Å². The van der Waals surface area contributed by atoms with E-state index >= 15 is 0 Å². The lowest BCUT2D eigenvalue weighted by Gasteiger charge is -2.19. The summed E-state index contributed by atoms with van der Waals surface area (Å²) < 4.78 is 19.0. The van der Waals surface area contributed by atoms with Crippen LogP contribution < -0.4 is 15.4 Å². The third kappa shape index (κ3) is 5.18. The molecule has 1 amide bonds. The first-order valence-corrected chi connectivity index (χ1v) is 9.14. The Labute approximate surface area is 164 Å². The molecule has 0 saturated heterocycles. The molecule has 0 aliphatic rings. The molecule has 0 bridgehead atoms. The van der Waals surface area contributed by atoms with E-state index in [1.54, 1.807) is 25.3 Å². The molecule has 144 valence electrons. The van der Waals surface area contributed by atoms with Crippen LogP contribution in [0.2, 0.25) is 0 Å². The highest BCUT2D eigenvalue weighted by molar-refractivity contribution is 5.95. The van der Waals surface area contributed by atoms with E-state index in [0.29, 0.717) is 30.0 Å². The number of rotatable bonds is 8. The number of methoxy groups -OCH3 is 1. The van der Waals surface area contributed by atoms with Crippen LogP contribution in [0.25, 0.3) is 0 Å². The van der Waals surface area contributed by atoms with Crippen LogP contribution in [0.4, 0.5) is 10.1 Å². The van der Waals surface area contributed by atoms with Gasteiger partial charge in [0.25, 0.3) is 0 Å². The number of carbonyl (C=O) groups is 1. The Bertz CT molecular complexity index is 915. The Morgan fingerprint density at radius 1 is 1.00 bits per heavy atom. The second-order valence-electron chi connectivity index (χ2n) is 6.36. The number of amides is 1. The quantitative estimate of drug-likeness (QED) is 0.613. The van der Waals surface area contributed by atoms with Crippen molar-refractivity contribution in [3.63, 3.8) is 0 Å². The number of halogens is 1. The second kappa shape index (κ2) is 9.67. The molecule has 0 aliphatic carbocycles. The lowest BCUT2D eigenvalue weighted by Crippen LogP contribution is -2.34. The molecule has 2 N–H and O–H groups in total. The number of nitrogens with one attached hydrogen (secondary N) is 2. The van der Waals surface area contributed by atoms with Gasteiger partial charge in [-0.1, -0.05) is 54.6 Å². The van der Waals surface area contributed by atoms with E-state index in [0.717, 1.165) is 5.56 Å². The maximum absolute atomic E-state index is 13.8. The van der Waals surface area contributed by atoms with Crippen molar-refractivity contribution in [2.45, 2.75) is 12.5 Å². The Kier molecular flexibility index (Phi) is 6.76. The van der Waals surface area contributed by atoms with Crippen LogP contribution in [0.5, 0.6) is 5.75 Å². The predicted molar refractivity (Wildman–Crippen MR) is 109 cm³/mol. The maximum atomic E-state index is 13.8. The molecule has 0 aromatic heterocycles. The fourth-order valence-corrected chi connectivity index (χ4v) is 2.97. The van der Waals surface area contributed by atoms with Gasteiger partial charge in [-0.2, -0.15) is 0 Å². The molecular weight excluding hydrogens is 355 g/mol. The number of benzene rings is 3. The zero-order valence-corrected chi connectivity index (χ0v) is 15.7. The summed E-state index contributed by atoms with van der Waals surface area (Å²) in [6, 6.07) is 22.8. The van der Waals surface area contributed by atoms with Gasteiger partial charge in [0.1, 0.15) is 17.6 Å². The largest absolute Gasteiger partial charge is 0.497 e. The summed E-state index contributed by atoms with van der Waals surface area (Å²) in [5.74, 6) is 0.246. The zero-order valence-electron chi connectivity index (χ0n) is 15.7. The molecule has 0 saturated carbocycles. The molecule has 0 heterocycles. The molecule has 5 heteroatoms. The highest BCUT2D eigenvalue weighted by atomic mass is 19.1. The average Bonchev–Trinajstić information content (AvgIpc) is 2.73. The zero-order chi connectivity index (χ0) is 19.8. The third-order valence-corrected chi connectivity index (χ3v) is 4.43. The van der Waals surface area contributed by atoms with E-state index in [9.17, 15) is 9.18 Å². The minimum atomic E-state index is -0.556. The van der Waals surface area contributed by atoms with Gasteiger partial charge in [0.15, 0.2) is 0 Å². The van der Waals surface area contributed by atoms with Crippen LogP contribution in [0.1, 0.15) is 17.2 Å². The molecule has 0 radical (unpaired) electrons. The lowest BCUT2D eigenvalue weighted by atomic mass is 10.1. The van der Waals surface area contributed by atoms with Crippen LogP contribution >= 0.6 is 0 Å². The van der Waals surface area contributed by atoms with Crippen molar-refractivity contribution in [2.24, 2.45) is 0 Å². The maximum Gasteiger partial charge on any atom is 0.246 e. The van der Waals surface area contributed by atoms with Gasteiger partial charge >= 0.3 is 0 Å². The van der Waals surface area contributed by atoms with E-state index < -0.39 is 6.04 Å². The number of ether oxygens (including phenoxy) is 1. The third-order valence-electron chi connectivity index (χ3n) is 4.43. The molecule has 0 fully saturated rings. The van der Waals surface area contributed by atoms with Crippen molar-refractivity contribution < 1.29 is 13.9 Å². The smallest absolute Gasteiger partial charge is 0.246 e. The molecule has 0 aliphatic heterocycles. The number of anilines is 1. The first-order chi connectivity index (χ1) is 13.7. The summed E-state index contributed by atoms with van der Waals surface area (Å²) in [4.78, 5) is 12.9. The fraction of sp³-hybridized carbons (Fsp3) is 0.174. The molecule has 3 aromatic carbocycles. The van der Waals surface area contributed by atoms with Crippen molar-refractivity contribution >= 4 is 11.6 Å². The molecule has 1 atom stereocenters. The fourth-order valence-electron chi connectivity index (χ4n) is 2.97. The molecule has 3 aromatic rings. The van der Waals surface area contributed by atoms with E-state index in [4.69, 9.17) is 4.74 Å². The average molecular weight is 378 g/mol. The van der Waals surface area contributed by atoms with Gasteiger partial charge in [-0.25, -0.2) is 4.39 Å². The standard InChI is InChI=1S/C23H23FN2O2/c1-28-20-12-7-11-19(16-20)26-23(27)22(18-9-3-2-4-10-18)25-15-14-17-8-5-6-13-21(17)24/h2-13,16,22,25H,14-15H2,1H3,(H,26,27)/t22-/m1/s1. The van der Waals surface area contributed by atoms with Crippen molar-refractivity contribution in [2.75, 3.05) is 19.0 Å². The Hall–Kier alpha value is -3.18. The summed E-state index contributed by atoms with van der Waals surface area (Å²) in [6.45, 7) is 0.464. The van der Waals surface area contributed by atoms with Crippen LogP contribution in [-0.4, -0.2) is 19.6 Å². The highest BCUT2D eigenvalue weighted by Crippen LogP contribution is 2.20. The van der Waals surface area contributed by atoms with Gasteiger partial charge in [0.2, 0.25) is 5.91 Å². The molecule has 4 nitrogen and oxygen atoms in total. The molecule has 3 rings (SSSR count). The molecule has 0 spiro atoms. The van der Waals surface area contributed by atoms with Crippen molar-refractivity contribution in [1.82, 2.24) is 5.32 Å². The van der Waals surface area contributed by atoms with Gasteiger partial charge < -0.3 is 15.4 Å². The Morgan fingerprint density at radius 3 is 2.50 bits per heavy atom.